The van der Waals surface area contributed by atoms with E-state index in [0.717, 1.165) is 35.2 Å². The van der Waals surface area contributed by atoms with Gasteiger partial charge in [-0.1, -0.05) is 23.7 Å². The zero-order valence-corrected chi connectivity index (χ0v) is 13.7. The Morgan fingerprint density at radius 2 is 2.26 bits per heavy atom. The Bertz CT molecular complexity index is 1000. The number of aryl methyl sites for hydroxylation is 2. The van der Waals surface area contributed by atoms with Crippen LogP contribution in [0.2, 0.25) is 0 Å². The van der Waals surface area contributed by atoms with Crippen molar-refractivity contribution in [3.05, 3.63) is 56.4 Å². The zero-order chi connectivity index (χ0) is 16.0. The smallest absolute Gasteiger partial charge is 0.260 e. The Labute approximate surface area is 141 Å². The van der Waals surface area contributed by atoms with E-state index in [1.807, 2.05) is 6.07 Å². The second-order valence-corrected chi connectivity index (χ2v) is 7.03. The quantitative estimate of drug-likeness (QED) is 0.740. The maximum Gasteiger partial charge on any atom is 0.260 e. The van der Waals surface area contributed by atoms with Crippen molar-refractivity contribution in [3.63, 3.8) is 0 Å². The zero-order valence-electron chi connectivity index (χ0n) is 12.1. The Hall–Kier alpha value is -2.11. The lowest BCUT2D eigenvalue weighted by Gasteiger charge is -2.01. The van der Waals surface area contributed by atoms with Crippen molar-refractivity contribution in [2.24, 2.45) is 0 Å². The van der Waals surface area contributed by atoms with Crippen molar-refractivity contribution in [1.82, 2.24) is 9.97 Å². The fourth-order valence-corrected chi connectivity index (χ4v) is 4.42. The number of hydrogen-bond acceptors (Lipinski definition) is 4. The average Bonchev–Trinajstić information content (AvgIpc) is 3.07. The van der Waals surface area contributed by atoms with Gasteiger partial charge in [0.2, 0.25) is 0 Å². The molecule has 116 valence electrons. The molecule has 0 atom stereocenters. The van der Waals surface area contributed by atoms with Gasteiger partial charge < -0.3 is 10.1 Å². The van der Waals surface area contributed by atoms with Crippen molar-refractivity contribution < 1.29 is 5.11 Å². The van der Waals surface area contributed by atoms with Crippen LogP contribution in [0, 0.1) is 0 Å². The first-order valence-corrected chi connectivity index (χ1v) is 8.52. The largest absolute Gasteiger partial charge is 0.508 e. The third-order valence-electron chi connectivity index (χ3n) is 3.96. The van der Waals surface area contributed by atoms with Crippen LogP contribution in [-0.2, 0) is 12.8 Å². The molecule has 0 saturated carbocycles. The van der Waals surface area contributed by atoms with Gasteiger partial charge in [0.1, 0.15) is 10.6 Å². The van der Waals surface area contributed by atoms with Crippen molar-refractivity contribution in [2.45, 2.75) is 19.3 Å². The number of benzene rings is 1. The Morgan fingerprint density at radius 1 is 1.39 bits per heavy atom. The van der Waals surface area contributed by atoms with Gasteiger partial charge in [0.05, 0.1) is 10.4 Å². The summed E-state index contributed by atoms with van der Waals surface area (Å²) in [5, 5.41) is 10.6. The molecule has 3 aromatic rings. The summed E-state index contributed by atoms with van der Waals surface area (Å²) >= 11 is 7.90. The van der Waals surface area contributed by atoms with Crippen molar-refractivity contribution in [2.75, 3.05) is 0 Å². The van der Waals surface area contributed by atoms with Crippen molar-refractivity contribution in [1.29, 1.82) is 0 Å². The van der Waals surface area contributed by atoms with E-state index in [1.54, 1.807) is 35.6 Å². The summed E-state index contributed by atoms with van der Waals surface area (Å²) in [4.78, 5) is 21.7. The molecule has 0 spiro atoms. The third-order valence-corrected chi connectivity index (χ3v) is 5.44. The van der Waals surface area contributed by atoms with E-state index >= 15 is 0 Å². The first-order valence-electron chi connectivity index (χ1n) is 7.33. The lowest BCUT2D eigenvalue weighted by Crippen LogP contribution is -2.10. The van der Waals surface area contributed by atoms with E-state index in [-0.39, 0.29) is 11.3 Å². The highest BCUT2D eigenvalue weighted by Gasteiger charge is 2.21. The number of phenolic OH excluding ortho intramolecular Hbond substituents is 1. The van der Waals surface area contributed by atoms with Crippen LogP contribution in [0.5, 0.6) is 5.75 Å². The maximum absolute atomic E-state index is 12.4. The van der Waals surface area contributed by atoms with Crippen molar-refractivity contribution >= 4 is 44.3 Å². The average molecular weight is 345 g/mol. The number of nitrogens with zero attached hydrogens (tertiary/aromatic N) is 1. The summed E-state index contributed by atoms with van der Waals surface area (Å²) in [6.45, 7) is 0. The lowest BCUT2D eigenvalue weighted by atomic mass is 10.2. The van der Waals surface area contributed by atoms with E-state index in [2.05, 4.69) is 9.97 Å². The molecule has 2 heterocycles. The number of aromatic nitrogens is 2. The fraction of sp³-hybridized carbons (Fsp3) is 0.176. The molecule has 0 bridgehead atoms. The molecule has 6 heteroatoms. The van der Waals surface area contributed by atoms with E-state index < -0.39 is 0 Å². The summed E-state index contributed by atoms with van der Waals surface area (Å²) in [5.41, 5.74) is 1.76. The molecule has 2 aromatic heterocycles. The van der Waals surface area contributed by atoms with E-state index in [9.17, 15) is 9.90 Å². The van der Waals surface area contributed by atoms with Crippen LogP contribution >= 0.6 is 22.9 Å². The second kappa shape index (κ2) is 5.51. The number of fused-ring (bicyclic) bond motifs is 3. The highest BCUT2D eigenvalue weighted by atomic mass is 35.5. The molecule has 1 aliphatic carbocycles. The Morgan fingerprint density at radius 3 is 3.09 bits per heavy atom. The van der Waals surface area contributed by atoms with Crippen molar-refractivity contribution in [3.8, 4) is 5.75 Å². The fourth-order valence-electron chi connectivity index (χ4n) is 2.94. The molecule has 23 heavy (non-hydrogen) atoms. The monoisotopic (exact) mass is 344 g/mol. The topological polar surface area (TPSA) is 66.0 Å². The molecular weight excluding hydrogens is 332 g/mol. The van der Waals surface area contributed by atoms with Crippen LogP contribution in [0.25, 0.3) is 21.3 Å². The van der Waals surface area contributed by atoms with Gasteiger partial charge in [-0.05, 0) is 48.6 Å². The number of nitrogens with one attached hydrogen (secondary N) is 1. The molecule has 0 unspecified atom stereocenters. The standard InChI is InChI=1S/C17H13ClN2O2S/c18-12(8-9-3-1-4-10(21)7-9)15-19-16(22)14-11-5-2-6-13(11)23-17(14)20-15/h1,3-4,7-8,21H,2,5-6H2,(H,19,20,22)/b12-8-. The van der Waals surface area contributed by atoms with Gasteiger partial charge >= 0.3 is 0 Å². The lowest BCUT2D eigenvalue weighted by molar-refractivity contribution is 0.475. The summed E-state index contributed by atoms with van der Waals surface area (Å²) in [6.07, 6.45) is 4.76. The van der Waals surface area contributed by atoms with Gasteiger partial charge in [-0.2, -0.15) is 0 Å². The minimum absolute atomic E-state index is 0.133. The maximum atomic E-state index is 12.4. The highest BCUT2D eigenvalue weighted by Crippen LogP contribution is 2.35. The van der Waals surface area contributed by atoms with E-state index in [0.29, 0.717) is 16.2 Å². The van der Waals surface area contributed by atoms with Crippen LogP contribution in [0.1, 0.15) is 28.2 Å². The molecular formula is C17H13ClN2O2S. The number of halogens is 1. The normalized spacial score (nSPS) is 14.4. The SMILES string of the molecule is O=c1[nH]c(/C(Cl)=C/c2cccc(O)c2)nc2sc3c(c12)CCC3. The molecule has 0 saturated heterocycles. The number of rotatable bonds is 2. The number of aromatic hydroxyl groups is 1. The van der Waals surface area contributed by atoms with Gasteiger partial charge in [0.15, 0.2) is 5.82 Å². The summed E-state index contributed by atoms with van der Waals surface area (Å²) in [7, 11) is 0. The van der Waals surface area contributed by atoms with Crippen LogP contribution in [0.15, 0.2) is 29.1 Å². The molecule has 1 aromatic carbocycles. The van der Waals surface area contributed by atoms with Gasteiger partial charge in [0, 0.05) is 4.88 Å². The van der Waals surface area contributed by atoms with Crippen LogP contribution in [0.4, 0.5) is 0 Å². The molecule has 0 radical (unpaired) electrons. The van der Waals surface area contributed by atoms with Gasteiger partial charge in [-0.25, -0.2) is 4.98 Å². The molecule has 0 fully saturated rings. The first-order chi connectivity index (χ1) is 11.1. The highest BCUT2D eigenvalue weighted by molar-refractivity contribution is 7.18. The number of hydrogen-bond donors (Lipinski definition) is 2. The summed E-state index contributed by atoms with van der Waals surface area (Å²) < 4.78 is 0. The van der Waals surface area contributed by atoms with Crippen LogP contribution in [-0.4, -0.2) is 15.1 Å². The minimum atomic E-state index is -0.133. The molecule has 4 rings (SSSR count). The summed E-state index contributed by atoms with van der Waals surface area (Å²) in [6, 6.07) is 6.73. The van der Waals surface area contributed by atoms with E-state index in [1.165, 1.54) is 4.88 Å². The second-order valence-electron chi connectivity index (χ2n) is 5.54. The van der Waals surface area contributed by atoms with Crippen LogP contribution < -0.4 is 5.56 Å². The number of phenols is 1. The Balaban J connectivity index is 1.81. The van der Waals surface area contributed by atoms with E-state index in [4.69, 9.17) is 11.6 Å². The molecule has 0 amide bonds. The molecule has 4 nitrogen and oxygen atoms in total. The minimum Gasteiger partial charge on any atom is -0.508 e. The van der Waals surface area contributed by atoms with Crippen LogP contribution in [0.3, 0.4) is 0 Å². The number of aromatic amines is 1. The molecule has 0 aliphatic heterocycles. The van der Waals surface area contributed by atoms with Gasteiger partial charge in [-0.15, -0.1) is 11.3 Å². The third kappa shape index (κ3) is 2.56. The summed E-state index contributed by atoms with van der Waals surface area (Å²) in [5.74, 6) is 0.516. The van der Waals surface area contributed by atoms with Gasteiger partial charge in [0.25, 0.3) is 5.56 Å². The predicted molar refractivity (Wildman–Crippen MR) is 94.1 cm³/mol. The first kappa shape index (κ1) is 14.5. The number of H-pyrrole nitrogens is 1. The number of thiophene rings is 1. The predicted octanol–water partition coefficient (Wildman–Crippen LogP) is 3.92. The Kier molecular flexibility index (Phi) is 3.47. The van der Waals surface area contributed by atoms with Gasteiger partial charge in [-0.3, -0.25) is 4.79 Å². The molecule has 1 aliphatic rings. The molecule has 2 N–H and O–H groups in total.